The van der Waals surface area contributed by atoms with Crippen LogP contribution in [0.2, 0.25) is 5.02 Å². The molecule has 0 fully saturated rings. The molecule has 0 aliphatic carbocycles. The summed E-state index contributed by atoms with van der Waals surface area (Å²) < 4.78 is 0. The molecule has 0 aliphatic rings. The zero-order chi connectivity index (χ0) is 10.4. The maximum Gasteiger partial charge on any atom is 0.101 e. The molecule has 0 radical (unpaired) electrons. The lowest BCUT2D eigenvalue weighted by molar-refractivity contribution is 1.36. The van der Waals surface area contributed by atoms with Gasteiger partial charge in [0.1, 0.15) is 6.07 Å². The van der Waals surface area contributed by atoms with Gasteiger partial charge < -0.3 is 0 Å². The van der Waals surface area contributed by atoms with Crippen molar-refractivity contribution >= 4 is 17.7 Å². The maximum absolute atomic E-state index is 8.63. The summed E-state index contributed by atoms with van der Waals surface area (Å²) in [5.74, 6) is 0. The molecule has 0 atom stereocenters. The molecule has 0 aliphatic heterocycles. The second-order valence-electron chi connectivity index (χ2n) is 2.62. The van der Waals surface area contributed by atoms with E-state index in [2.05, 4.69) is 0 Å². The van der Waals surface area contributed by atoms with E-state index in [4.69, 9.17) is 22.1 Å². The van der Waals surface area contributed by atoms with Crippen molar-refractivity contribution in [3.63, 3.8) is 0 Å². The van der Waals surface area contributed by atoms with Crippen LogP contribution in [0.1, 0.15) is 17.5 Å². The van der Waals surface area contributed by atoms with Gasteiger partial charge in [0, 0.05) is 0 Å². The quantitative estimate of drug-likeness (QED) is 0.740. The van der Waals surface area contributed by atoms with E-state index in [1.54, 1.807) is 30.4 Å². The smallest absolute Gasteiger partial charge is 0.101 e. The second kappa shape index (κ2) is 5.07. The molecular weight excluding hydrogens is 196 g/mol. The van der Waals surface area contributed by atoms with Crippen LogP contribution in [0.4, 0.5) is 0 Å². The zero-order valence-corrected chi connectivity index (χ0v) is 8.12. The van der Waals surface area contributed by atoms with E-state index in [1.807, 2.05) is 12.1 Å². The fourth-order valence-corrected chi connectivity index (χ4v) is 1.20. The number of rotatable bonds is 2. The summed E-state index contributed by atoms with van der Waals surface area (Å²) in [6, 6.07) is 9.14. The fraction of sp³-hybridized carbons (Fsp3) is 0.0909. The molecule has 0 spiro atoms. The van der Waals surface area contributed by atoms with Gasteiger partial charge in [-0.25, -0.2) is 0 Å². The Hall–Kier alpha value is -1.77. The lowest BCUT2D eigenvalue weighted by atomic mass is 10.1. The van der Waals surface area contributed by atoms with Gasteiger partial charge in [-0.2, -0.15) is 10.5 Å². The molecule has 1 aromatic carbocycles. The minimum Gasteiger partial charge on any atom is -0.198 e. The Labute approximate surface area is 87.7 Å². The molecule has 0 amide bonds. The first-order chi connectivity index (χ1) is 6.77. The van der Waals surface area contributed by atoms with Crippen LogP contribution in [0.15, 0.2) is 24.3 Å². The Morgan fingerprint density at radius 1 is 1.36 bits per heavy atom. The topological polar surface area (TPSA) is 47.6 Å². The van der Waals surface area contributed by atoms with Crippen molar-refractivity contribution < 1.29 is 0 Å². The van der Waals surface area contributed by atoms with E-state index in [0.29, 0.717) is 17.0 Å². The van der Waals surface area contributed by atoms with Crippen LogP contribution in [0, 0.1) is 22.7 Å². The Bertz CT molecular complexity index is 436. The molecule has 1 aromatic rings. The standard InChI is InChI=1S/C11H7ClN2/c12-11-7-9(3-1-2-6-13)4-5-10(11)8-14/h1,3-5,7H,2H2. The first kappa shape index (κ1) is 10.3. The summed E-state index contributed by atoms with van der Waals surface area (Å²) in [6.07, 6.45) is 3.92. The van der Waals surface area contributed by atoms with Gasteiger partial charge in [-0.05, 0) is 17.7 Å². The number of allylic oxidation sites excluding steroid dienone is 1. The minimum absolute atomic E-state index is 0.373. The van der Waals surface area contributed by atoms with Gasteiger partial charge in [-0.15, -0.1) is 0 Å². The van der Waals surface area contributed by atoms with E-state index < -0.39 is 0 Å². The van der Waals surface area contributed by atoms with Crippen LogP contribution in [0.25, 0.3) is 6.08 Å². The SMILES string of the molecule is N#CCC=Cc1ccc(C#N)c(Cl)c1. The molecule has 0 aromatic heterocycles. The van der Waals surface area contributed by atoms with Crippen LogP contribution < -0.4 is 0 Å². The monoisotopic (exact) mass is 202 g/mol. The highest BCUT2D eigenvalue weighted by Crippen LogP contribution is 2.17. The lowest BCUT2D eigenvalue weighted by Gasteiger charge is -1.96. The van der Waals surface area contributed by atoms with Gasteiger partial charge in [0.15, 0.2) is 0 Å². The van der Waals surface area contributed by atoms with Crippen LogP contribution >= 0.6 is 11.6 Å². The normalized spacial score (nSPS) is 9.64. The molecule has 68 valence electrons. The molecule has 0 bridgehead atoms. The highest BCUT2D eigenvalue weighted by molar-refractivity contribution is 6.31. The number of hydrogen-bond acceptors (Lipinski definition) is 2. The molecule has 1 rings (SSSR count). The largest absolute Gasteiger partial charge is 0.198 e. The van der Waals surface area contributed by atoms with Gasteiger partial charge in [-0.1, -0.05) is 29.8 Å². The minimum atomic E-state index is 0.373. The second-order valence-corrected chi connectivity index (χ2v) is 3.02. The zero-order valence-electron chi connectivity index (χ0n) is 7.37. The van der Waals surface area contributed by atoms with Gasteiger partial charge in [-0.3, -0.25) is 0 Å². The van der Waals surface area contributed by atoms with Crippen molar-refractivity contribution in [3.8, 4) is 12.1 Å². The molecule has 3 heteroatoms. The lowest BCUT2D eigenvalue weighted by Crippen LogP contribution is -1.78. The summed E-state index contributed by atoms with van der Waals surface area (Å²) in [6.45, 7) is 0. The molecule has 0 unspecified atom stereocenters. The highest BCUT2D eigenvalue weighted by atomic mass is 35.5. The average Bonchev–Trinajstić information content (AvgIpc) is 2.18. The van der Waals surface area contributed by atoms with Crippen LogP contribution in [-0.4, -0.2) is 0 Å². The van der Waals surface area contributed by atoms with Crippen LogP contribution in [0.3, 0.4) is 0 Å². The molecule has 0 N–H and O–H groups in total. The number of benzene rings is 1. The fourth-order valence-electron chi connectivity index (χ4n) is 0.973. The number of nitrogens with zero attached hydrogens (tertiary/aromatic N) is 2. The first-order valence-corrected chi connectivity index (χ1v) is 4.39. The summed E-state index contributed by atoms with van der Waals surface area (Å²) in [5, 5.41) is 17.4. The van der Waals surface area contributed by atoms with Crippen molar-refractivity contribution in [1.29, 1.82) is 10.5 Å². The Morgan fingerprint density at radius 3 is 2.71 bits per heavy atom. The summed E-state index contributed by atoms with van der Waals surface area (Å²) >= 11 is 5.82. The van der Waals surface area contributed by atoms with Crippen molar-refractivity contribution in [2.75, 3.05) is 0 Å². The molecule has 14 heavy (non-hydrogen) atoms. The Morgan fingerprint density at radius 2 is 2.14 bits per heavy atom. The third kappa shape index (κ3) is 2.62. The molecule has 0 heterocycles. The molecule has 0 saturated heterocycles. The van der Waals surface area contributed by atoms with E-state index >= 15 is 0 Å². The van der Waals surface area contributed by atoms with Gasteiger partial charge >= 0.3 is 0 Å². The summed E-state index contributed by atoms with van der Waals surface area (Å²) in [7, 11) is 0. The van der Waals surface area contributed by atoms with Crippen LogP contribution in [-0.2, 0) is 0 Å². The van der Waals surface area contributed by atoms with E-state index in [0.717, 1.165) is 5.56 Å². The first-order valence-electron chi connectivity index (χ1n) is 4.01. The third-order valence-corrected chi connectivity index (χ3v) is 1.95. The third-order valence-electron chi connectivity index (χ3n) is 1.63. The van der Waals surface area contributed by atoms with Gasteiger partial charge in [0.05, 0.1) is 23.1 Å². The Kier molecular flexibility index (Phi) is 3.73. The number of nitriles is 2. The van der Waals surface area contributed by atoms with Crippen molar-refractivity contribution in [2.45, 2.75) is 6.42 Å². The van der Waals surface area contributed by atoms with Gasteiger partial charge in [0.25, 0.3) is 0 Å². The van der Waals surface area contributed by atoms with Crippen molar-refractivity contribution in [2.24, 2.45) is 0 Å². The average molecular weight is 203 g/mol. The molecule has 0 saturated carbocycles. The van der Waals surface area contributed by atoms with Crippen LogP contribution in [0.5, 0.6) is 0 Å². The molecule has 2 nitrogen and oxygen atoms in total. The maximum atomic E-state index is 8.63. The van der Waals surface area contributed by atoms with Crippen molar-refractivity contribution in [1.82, 2.24) is 0 Å². The predicted molar refractivity (Wildman–Crippen MR) is 55.4 cm³/mol. The number of halogens is 1. The molecular formula is C11H7ClN2. The number of hydrogen-bond donors (Lipinski definition) is 0. The predicted octanol–water partition coefficient (Wildman–Crippen LogP) is 3.14. The van der Waals surface area contributed by atoms with Crippen molar-refractivity contribution in [3.05, 3.63) is 40.4 Å². The summed E-state index contributed by atoms with van der Waals surface area (Å²) in [5.41, 5.74) is 1.35. The van der Waals surface area contributed by atoms with E-state index in [1.165, 1.54) is 0 Å². The highest BCUT2D eigenvalue weighted by Gasteiger charge is 1.97. The van der Waals surface area contributed by atoms with E-state index in [9.17, 15) is 0 Å². The van der Waals surface area contributed by atoms with E-state index in [-0.39, 0.29) is 0 Å². The van der Waals surface area contributed by atoms with Gasteiger partial charge in [0.2, 0.25) is 0 Å². The summed E-state index contributed by atoms with van der Waals surface area (Å²) in [4.78, 5) is 0. The Balaban J connectivity index is 2.89.